The van der Waals surface area contributed by atoms with Gasteiger partial charge in [-0.3, -0.25) is 4.68 Å². The first kappa shape index (κ1) is 13.4. The molecule has 0 atom stereocenters. The number of hydrogen-bond donors (Lipinski definition) is 0. The maximum Gasteiger partial charge on any atom is 0.282 e. The molecule has 0 bridgehead atoms. The lowest BCUT2D eigenvalue weighted by Gasteiger charge is -1.93. The fourth-order valence-corrected chi connectivity index (χ4v) is 2.73. The van der Waals surface area contributed by atoms with Crippen LogP contribution < -0.4 is 0 Å². The molecular weight excluding hydrogens is 324 g/mol. The van der Waals surface area contributed by atoms with Gasteiger partial charge in [-0.25, -0.2) is 13.8 Å². The van der Waals surface area contributed by atoms with Crippen molar-refractivity contribution in [1.82, 2.24) is 14.8 Å². The third-order valence-electron chi connectivity index (χ3n) is 2.26. The molecule has 0 aromatic carbocycles. The van der Waals surface area contributed by atoms with Crippen molar-refractivity contribution in [2.45, 2.75) is 13.3 Å². The monoisotopic (exact) mass is 333 g/mol. The molecule has 2 aromatic rings. The van der Waals surface area contributed by atoms with Crippen LogP contribution in [0.25, 0.3) is 12.2 Å². The minimum Gasteiger partial charge on any atom is -0.275 e. The Morgan fingerprint density at radius 3 is 2.72 bits per heavy atom. The molecule has 0 aliphatic carbocycles. The van der Waals surface area contributed by atoms with Gasteiger partial charge in [0.25, 0.3) is 6.43 Å². The molecule has 0 spiro atoms. The molecule has 7 heteroatoms. The normalized spacial score (nSPS) is 11.9. The quantitative estimate of drug-likeness (QED) is 0.848. The summed E-state index contributed by atoms with van der Waals surface area (Å²) >= 11 is 4.83. The van der Waals surface area contributed by atoms with E-state index in [1.807, 2.05) is 6.92 Å². The van der Waals surface area contributed by atoms with Crippen LogP contribution >= 0.6 is 27.3 Å². The second-order valence-electron chi connectivity index (χ2n) is 3.69. The average Bonchev–Trinajstić information content (AvgIpc) is 2.80. The van der Waals surface area contributed by atoms with Crippen LogP contribution in [0, 0.1) is 6.92 Å². The molecule has 2 rings (SSSR count). The van der Waals surface area contributed by atoms with E-state index in [0.717, 1.165) is 14.5 Å². The highest BCUT2D eigenvalue weighted by Crippen LogP contribution is 2.27. The van der Waals surface area contributed by atoms with E-state index < -0.39 is 6.43 Å². The van der Waals surface area contributed by atoms with Gasteiger partial charge in [-0.05, 0) is 35.0 Å². The third kappa shape index (κ3) is 2.84. The van der Waals surface area contributed by atoms with Crippen LogP contribution in [0.5, 0.6) is 0 Å². The van der Waals surface area contributed by atoms with Crippen LogP contribution in [0.4, 0.5) is 8.78 Å². The average molecular weight is 334 g/mol. The van der Waals surface area contributed by atoms with Gasteiger partial charge in [0.05, 0.1) is 9.48 Å². The summed E-state index contributed by atoms with van der Waals surface area (Å²) in [5.74, 6) is 0. The highest BCUT2D eigenvalue weighted by Gasteiger charge is 2.15. The van der Waals surface area contributed by atoms with E-state index in [4.69, 9.17) is 0 Å². The van der Waals surface area contributed by atoms with E-state index in [-0.39, 0.29) is 5.69 Å². The Morgan fingerprint density at radius 1 is 1.44 bits per heavy atom. The lowest BCUT2D eigenvalue weighted by atomic mass is 10.2. The fraction of sp³-hybridized carbons (Fsp3) is 0.273. The Hall–Kier alpha value is -1.08. The number of alkyl halides is 2. The molecule has 0 N–H and O–H groups in total. The van der Waals surface area contributed by atoms with Crippen molar-refractivity contribution in [3.8, 4) is 0 Å². The van der Waals surface area contributed by atoms with E-state index >= 15 is 0 Å². The Labute approximate surface area is 115 Å². The van der Waals surface area contributed by atoms with Crippen molar-refractivity contribution in [3.63, 3.8) is 0 Å². The zero-order valence-corrected chi connectivity index (χ0v) is 12.1. The molecule has 0 saturated heterocycles. The zero-order chi connectivity index (χ0) is 13.3. The smallest absolute Gasteiger partial charge is 0.275 e. The molecule has 0 aliphatic heterocycles. The molecule has 96 valence electrons. The van der Waals surface area contributed by atoms with Gasteiger partial charge in [-0.1, -0.05) is 0 Å². The largest absolute Gasteiger partial charge is 0.282 e. The van der Waals surface area contributed by atoms with Gasteiger partial charge in [-0.15, -0.1) is 11.3 Å². The predicted octanol–water partition coefficient (Wildman–Crippen LogP) is 4.06. The topological polar surface area (TPSA) is 30.7 Å². The van der Waals surface area contributed by atoms with Crippen LogP contribution in [0.15, 0.2) is 9.98 Å². The second kappa shape index (κ2) is 5.27. The van der Waals surface area contributed by atoms with Crippen LogP contribution in [-0.2, 0) is 7.05 Å². The van der Waals surface area contributed by atoms with Gasteiger partial charge < -0.3 is 0 Å². The van der Waals surface area contributed by atoms with Crippen molar-refractivity contribution < 1.29 is 8.78 Å². The zero-order valence-electron chi connectivity index (χ0n) is 9.69. The lowest BCUT2D eigenvalue weighted by molar-refractivity contribution is 0.145. The summed E-state index contributed by atoms with van der Waals surface area (Å²) in [5, 5.41) is 4.50. The highest BCUT2D eigenvalue weighted by atomic mass is 79.9. The first-order valence-corrected chi connectivity index (χ1v) is 6.71. The Bertz CT molecular complexity index is 570. The molecular formula is C11H10BrF2N3S. The molecule has 18 heavy (non-hydrogen) atoms. The first-order chi connectivity index (χ1) is 8.47. The minimum atomic E-state index is -2.57. The lowest BCUT2D eigenvalue weighted by Crippen LogP contribution is -1.91. The molecule has 0 radical (unpaired) electrons. The van der Waals surface area contributed by atoms with Crippen molar-refractivity contribution in [2.24, 2.45) is 7.05 Å². The van der Waals surface area contributed by atoms with E-state index in [1.165, 1.54) is 16.0 Å². The van der Waals surface area contributed by atoms with Crippen LogP contribution in [0.2, 0.25) is 0 Å². The minimum absolute atomic E-state index is 0.207. The molecule has 0 saturated carbocycles. The summed E-state index contributed by atoms with van der Waals surface area (Å²) < 4.78 is 27.7. The van der Waals surface area contributed by atoms with Crippen molar-refractivity contribution in [1.29, 1.82) is 0 Å². The summed E-state index contributed by atoms with van der Waals surface area (Å²) in [6.07, 6.45) is 2.31. The number of halogens is 3. The Kier molecular flexibility index (Phi) is 3.91. The van der Waals surface area contributed by atoms with Crippen LogP contribution in [-0.4, -0.2) is 14.8 Å². The summed E-state index contributed by atoms with van der Waals surface area (Å²) in [7, 11) is 1.62. The van der Waals surface area contributed by atoms with Crippen molar-refractivity contribution >= 4 is 39.4 Å². The molecule has 2 aromatic heterocycles. The number of rotatable bonds is 3. The summed E-state index contributed by atoms with van der Waals surface area (Å²) in [5.41, 5.74) is 1.09. The SMILES string of the molecule is Cc1nc(/C=C/c2cn(C)nc2C(F)F)sc1Br. The van der Waals surface area contributed by atoms with Crippen LogP contribution in [0.1, 0.15) is 28.4 Å². The third-order valence-corrected chi connectivity index (χ3v) is 4.23. The van der Waals surface area contributed by atoms with Crippen molar-refractivity contribution in [3.05, 3.63) is 31.9 Å². The Balaban J connectivity index is 2.28. The Morgan fingerprint density at radius 2 is 2.17 bits per heavy atom. The standard InChI is InChI=1S/C11H10BrF2N3S/c1-6-10(12)18-8(15-6)4-3-7-5-17(2)16-9(7)11(13)14/h3-5,11H,1-2H3/b4-3+. The number of hydrogen-bond acceptors (Lipinski definition) is 3. The van der Waals surface area contributed by atoms with Crippen molar-refractivity contribution in [2.75, 3.05) is 0 Å². The molecule has 0 fully saturated rings. The first-order valence-electron chi connectivity index (χ1n) is 5.10. The van der Waals surface area contributed by atoms with Gasteiger partial charge in [0, 0.05) is 18.8 Å². The van der Waals surface area contributed by atoms with Gasteiger partial charge >= 0.3 is 0 Å². The van der Waals surface area contributed by atoms with E-state index in [1.54, 1.807) is 25.4 Å². The van der Waals surface area contributed by atoms with Gasteiger partial charge in [0.1, 0.15) is 10.7 Å². The number of aryl methyl sites for hydroxylation is 2. The maximum absolute atomic E-state index is 12.7. The predicted molar refractivity (Wildman–Crippen MR) is 71.6 cm³/mol. The van der Waals surface area contributed by atoms with E-state index in [9.17, 15) is 8.78 Å². The number of nitrogens with zero attached hydrogens (tertiary/aromatic N) is 3. The molecule has 0 amide bonds. The molecule has 2 heterocycles. The van der Waals surface area contributed by atoms with Gasteiger partial charge in [0.2, 0.25) is 0 Å². The van der Waals surface area contributed by atoms with Crippen LogP contribution in [0.3, 0.4) is 0 Å². The van der Waals surface area contributed by atoms with E-state index in [2.05, 4.69) is 26.0 Å². The number of thiazole rings is 1. The molecule has 0 aliphatic rings. The van der Waals surface area contributed by atoms with E-state index in [0.29, 0.717) is 5.56 Å². The summed E-state index contributed by atoms with van der Waals surface area (Å²) in [6, 6.07) is 0. The van der Waals surface area contributed by atoms with Gasteiger partial charge in [-0.2, -0.15) is 5.10 Å². The molecule has 3 nitrogen and oxygen atoms in total. The summed E-state index contributed by atoms with van der Waals surface area (Å²) in [4.78, 5) is 4.28. The maximum atomic E-state index is 12.7. The summed E-state index contributed by atoms with van der Waals surface area (Å²) in [6.45, 7) is 1.88. The molecule has 0 unspecified atom stereocenters. The highest BCUT2D eigenvalue weighted by molar-refractivity contribution is 9.11. The number of aromatic nitrogens is 3. The second-order valence-corrected chi connectivity index (χ2v) is 6.04. The fourth-order valence-electron chi connectivity index (χ4n) is 1.45. The van der Waals surface area contributed by atoms with Gasteiger partial charge in [0.15, 0.2) is 0 Å².